The van der Waals surface area contributed by atoms with Crippen LogP contribution in [0.15, 0.2) is 24.7 Å². The van der Waals surface area contributed by atoms with E-state index >= 15 is 0 Å². The minimum atomic E-state index is -0.153. The van der Waals surface area contributed by atoms with Crippen LogP contribution in [0.2, 0.25) is 0 Å². The van der Waals surface area contributed by atoms with Gasteiger partial charge in [-0.2, -0.15) is 0 Å². The predicted octanol–water partition coefficient (Wildman–Crippen LogP) is 1.44. The highest BCUT2D eigenvalue weighted by Gasteiger charge is 2.16. The molecule has 0 unspecified atom stereocenters. The fraction of sp³-hybridized carbons (Fsp3) is 0.308. The summed E-state index contributed by atoms with van der Waals surface area (Å²) in [6, 6.07) is 0. The number of ether oxygens (including phenoxy) is 1. The summed E-state index contributed by atoms with van der Waals surface area (Å²) in [6.45, 7) is 4.12. The maximum atomic E-state index is 12.0. The molecule has 2 rings (SSSR count). The van der Waals surface area contributed by atoms with Crippen LogP contribution in [0.1, 0.15) is 24.2 Å². The van der Waals surface area contributed by atoms with Crippen LogP contribution in [-0.4, -0.2) is 33.4 Å². The van der Waals surface area contributed by atoms with Crippen LogP contribution in [0.25, 0.3) is 11.0 Å². The van der Waals surface area contributed by atoms with Crippen molar-refractivity contribution in [2.24, 2.45) is 5.73 Å². The van der Waals surface area contributed by atoms with Gasteiger partial charge in [0.05, 0.1) is 17.1 Å². The van der Waals surface area contributed by atoms with Crippen LogP contribution in [0.3, 0.4) is 0 Å². The molecule has 6 nitrogen and oxygen atoms in total. The van der Waals surface area contributed by atoms with Gasteiger partial charge in [0.1, 0.15) is 12.0 Å². The minimum Gasteiger partial charge on any atom is -0.474 e. The number of H-pyrrole nitrogens is 1. The molecule has 0 spiro atoms. The number of aromatic amines is 1. The fourth-order valence-corrected chi connectivity index (χ4v) is 1.71. The summed E-state index contributed by atoms with van der Waals surface area (Å²) in [4.78, 5) is 23.2. The first-order chi connectivity index (χ1) is 9.13. The monoisotopic (exact) mass is 260 g/mol. The fourth-order valence-electron chi connectivity index (χ4n) is 1.71. The molecule has 6 heteroatoms. The molecule has 0 fully saturated rings. The number of hydrogen-bond acceptors (Lipinski definition) is 5. The Bertz CT molecular complexity index is 616. The first-order valence-corrected chi connectivity index (χ1v) is 6.03. The van der Waals surface area contributed by atoms with Gasteiger partial charge < -0.3 is 15.5 Å². The zero-order valence-electron chi connectivity index (χ0n) is 10.9. The first-order valence-electron chi connectivity index (χ1n) is 6.03. The third kappa shape index (κ3) is 2.79. The molecule has 2 aromatic rings. The minimum absolute atomic E-state index is 0.0319. The van der Waals surface area contributed by atoms with Crippen molar-refractivity contribution in [2.45, 2.75) is 20.0 Å². The number of nitrogens with two attached hydrogens (primary N) is 1. The molecule has 100 valence electrons. The van der Waals surface area contributed by atoms with Crippen LogP contribution in [0, 0.1) is 0 Å². The van der Waals surface area contributed by atoms with Crippen molar-refractivity contribution < 1.29 is 9.53 Å². The first kappa shape index (κ1) is 13.2. The Labute approximate surface area is 110 Å². The molecule has 2 heterocycles. The summed E-state index contributed by atoms with van der Waals surface area (Å²) in [6.07, 6.45) is 6.02. The largest absolute Gasteiger partial charge is 0.474 e. The van der Waals surface area contributed by atoms with Gasteiger partial charge >= 0.3 is 0 Å². The molecule has 0 aliphatic carbocycles. The van der Waals surface area contributed by atoms with E-state index in [-0.39, 0.29) is 11.9 Å². The second-order valence-corrected chi connectivity index (χ2v) is 4.27. The molecule has 19 heavy (non-hydrogen) atoms. The molecular formula is C13H16N4O2. The van der Waals surface area contributed by atoms with E-state index in [1.807, 2.05) is 13.8 Å². The number of fused-ring (bicyclic) bond motifs is 1. The third-order valence-corrected chi connectivity index (χ3v) is 2.45. The molecule has 2 aromatic heterocycles. The molecule has 0 saturated heterocycles. The molecule has 0 radical (unpaired) electrons. The van der Waals surface area contributed by atoms with E-state index in [0.717, 1.165) is 0 Å². The number of aromatic nitrogens is 3. The quantitative estimate of drug-likeness (QED) is 0.626. The lowest BCUT2D eigenvalue weighted by Gasteiger charge is -2.09. The predicted molar refractivity (Wildman–Crippen MR) is 72.2 cm³/mol. The molecule has 0 aliphatic rings. The van der Waals surface area contributed by atoms with E-state index in [4.69, 9.17) is 10.5 Å². The molecule has 3 N–H and O–H groups in total. The number of hydrogen-bond donors (Lipinski definition) is 2. The Morgan fingerprint density at radius 3 is 3.00 bits per heavy atom. The highest BCUT2D eigenvalue weighted by molar-refractivity contribution is 6.13. The zero-order valence-corrected chi connectivity index (χ0v) is 10.9. The average molecular weight is 260 g/mol. The highest BCUT2D eigenvalue weighted by atomic mass is 16.5. The van der Waals surface area contributed by atoms with Gasteiger partial charge in [0, 0.05) is 12.7 Å². The second kappa shape index (κ2) is 5.62. The zero-order chi connectivity index (χ0) is 13.8. The van der Waals surface area contributed by atoms with Gasteiger partial charge in [-0.3, -0.25) is 4.79 Å². The van der Waals surface area contributed by atoms with E-state index in [2.05, 4.69) is 15.0 Å². The average Bonchev–Trinajstić information content (AvgIpc) is 2.80. The number of nitrogens with one attached hydrogen (secondary N) is 1. The summed E-state index contributed by atoms with van der Waals surface area (Å²) in [7, 11) is 0. The standard InChI is InChI=1S/C13H16N4O2/c1-8(2)19-13-11-9(10(18)4-3-5-14)6-15-12(11)16-7-17-13/h3-4,6-8H,5,14H2,1-2H3,(H,15,16,17). The van der Waals surface area contributed by atoms with Crippen molar-refractivity contribution in [2.75, 3.05) is 6.54 Å². The number of allylic oxidation sites excluding steroid dienone is 1. The smallest absolute Gasteiger partial charge is 0.227 e. The summed E-state index contributed by atoms with van der Waals surface area (Å²) in [5.74, 6) is 0.255. The van der Waals surface area contributed by atoms with Gasteiger partial charge in [-0.15, -0.1) is 0 Å². The summed E-state index contributed by atoms with van der Waals surface area (Å²) in [5, 5.41) is 0.600. The van der Waals surface area contributed by atoms with Crippen molar-refractivity contribution >= 4 is 16.8 Å². The molecule has 0 aliphatic heterocycles. The molecule has 0 bridgehead atoms. The molecule has 0 aromatic carbocycles. The number of ketones is 1. The Hall–Kier alpha value is -2.21. The van der Waals surface area contributed by atoms with Crippen LogP contribution in [-0.2, 0) is 0 Å². The van der Waals surface area contributed by atoms with Crippen LogP contribution >= 0.6 is 0 Å². The lowest BCUT2D eigenvalue weighted by Crippen LogP contribution is -2.08. The Morgan fingerprint density at radius 1 is 1.53 bits per heavy atom. The molecule has 0 amide bonds. The number of nitrogens with zero attached hydrogens (tertiary/aromatic N) is 2. The Balaban J connectivity index is 2.50. The summed E-state index contributed by atoms with van der Waals surface area (Å²) >= 11 is 0. The topological polar surface area (TPSA) is 93.9 Å². The van der Waals surface area contributed by atoms with E-state index in [9.17, 15) is 4.79 Å². The molecule has 0 atom stereocenters. The SMILES string of the molecule is CC(C)Oc1ncnc2[nH]cc(C(=O)C=CCN)c12. The van der Waals surface area contributed by atoms with Crippen molar-refractivity contribution in [3.05, 3.63) is 30.2 Å². The summed E-state index contributed by atoms with van der Waals surface area (Å²) in [5.41, 5.74) is 6.40. The number of carbonyl (C=O) groups excluding carboxylic acids is 1. The van der Waals surface area contributed by atoms with Gasteiger partial charge in [0.15, 0.2) is 5.78 Å². The van der Waals surface area contributed by atoms with E-state index in [1.54, 1.807) is 12.3 Å². The van der Waals surface area contributed by atoms with Gasteiger partial charge in [-0.1, -0.05) is 6.08 Å². The molecular weight excluding hydrogens is 244 g/mol. The Kier molecular flexibility index (Phi) is 3.91. The van der Waals surface area contributed by atoms with Crippen LogP contribution in [0.4, 0.5) is 0 Å². The number of carbonyl (C=O) groups is 1. The van der Waals surface area contributed by atoms with Crippen molar-refractivity contribution in [1.82, 2.24) is 15.0 Å². The maximum Gasteiger partial charge on any atom is 0.227 e. The van der Waals surface area contributed by atoms with Crippen molar-refractivity contribution in [3.8, 4) is 5.88 Å². The van der Waals surface area contributed by atoms with Gasteiger partial charge in [0.25, 0.3) is 0 Å². The lowest BCUT2D eigenvalue weighted by atomic mass is 10.1. The Morgan fingerprint density at radius 2 is 2.32 bits per heavy atom. The van der Waals surface area contributed by atoms with Crippen LogP contribution < -0.4 is 10.5 Å². The summed E-state index contributed by atoms with van der Waals surface area (Å²) < 4.78 is 5.61. The van der Waals surface area contributed by atoms with Crippen molar-refractivity contribution in [3.63, 3.8) is 0 Å². The lowest BCUT2D eigenvalue weighted by molar-refractivity contribution is 0.104. The second-order valence-electron chi connectivity index (χ2n) is 4.27. The van der Waals surface area contributed by atoms with Crippen LogP contribution in [0.5, 0.6) is 5.88 Å². The van der Waals surface area contributed by atoms with Gasteiger partial charge in [0.2, 0.25) is 5.88 Å². The third-order valence-electron chi connectivity index (χ3n) is 2.45. The van der Waals surface area contributed by atoms with E-state index in [0.29, 0.717) is 29.0 Å². The highest BCUT2D eigenvalue weighted by Crippen LogP contribution is 2.26. The van der Waals surface area contributed by atoms with Crippen molar-refractivity contribution in [1.29, 1.82) is 0 Å². The normalized spacial score (nSPS) is 11.6. The van der Waals surface area contributed by atoms with E-state index < -0.39 is 0 Å². The van der Waals surface area contributed by atoms with E-state index in [1.165, 1.54) is 12.4 Å². The maximum absolute atomic E-state index is 12.0. The number of rotatable bonds is 5. The molecule has 0 saturated carbocycles. The van der Waals surface area contributed by atoms with Gasteiger partial charge in [-0.25, -0.2) is 9.97 Å². The van der Waals surface area contributed by atoms with Gasteiger partial charge in [-0.05, 0) is 19.9 Å².